The van der Waals surface area contributed by atoms with Crippen LogP contribution in [0, 0.1) is 6.92 Å². The van der Waals surface area contributed by atoms with Crippen LogP contribution in [0.4, 0.5) is 5.13 Å². The molecular weight excluding hydrogens is 292 g/mol. The third-order valence-corrected chi connectivity index (χ3v) is 4.25. The largest absolute Gasteiger partial charge is 0.387 e. The van der Waals surface area contributed by atoms with Crippen molar-refractivity contribution in [1.29, 1.82) is 0 Å². The predicted molar refractivity (Wildman–Crippen MR) is 92.2 cm³/mol. The Kier molecular flexibility index (Phi) is 4.51. The van der Waals surface area contributed by atoms with Crippen molar-refractivity contribution in [2.75, 3.05) is 11.9 Å². The number of nitrogens with zero attached hydrogens (tertiary/aromatic N) is 1. The molecule has 0 amide bonds. The Bertz CT molecular complexity index is 740. The maximum absolute atomic E-state index is 10.2. The van der Waals surface area contributed by atoms with Gasteiger partial charge in [-0.15, -0.1) is 11.3 Å². The smallest absolute Gasteiger partial charge is 0.183 e. The van der Waals surface area contributed by atoms with E-state index in [4.69, 9.17) is 0 Å². The number of hydrogen-bond acceptors (Lipinski definition) is 4. The van der Waals surface area contributed by atoms with Gasteiger partial charge in [-0.1, -0.05) is 60.2 Å². The van der Waals surface area contributed by atoms with Gasteiger partial charge in [-0.05, 0) is 12.5 Å². The fourth-order valence-electron chi connectivity index (χ4n) is 2.28. The monoisotopic (exact) mass is 310 g/mol. The summed E-state index contributed by atoms with van der Waals surface area (Å²) in [4.78, 5) is 4.56. The van der Waals surface area contributed by atoms with Crippen molar-refractivity contribution in [1.82, 2.24) is 4.98 Å². The summed E-state index contributed by atoms with van der Waals surface area (Å²) in [6.07, 6.45) is -0.538. The minimum atomic E-state index is -0.538. The molecule has 2 aromatic carbocycles. The van der Waals surface area contributed by atoms with Crippen LogP contribution >= 0.6 is 11.3 Å². The molecule has 1 heterocycles. The van der Waals surface area contributed by atoms with Crippen LogP contribution in [0.25, 0.3) is 11.3 Å². The lowest BCUT2D eigenvalue weighted by molar-refractivity contribution is 0.191. The normalized spacial score (nSPS) is 12.1. The Hall–Kier alpha value is -2.17. The number of thiazole rings is 1. The molecule has 0 radical (unpaired) electrons. The molecule has 112 valence electrons. The first-order valence-electron chi connectivity index (χ1n) is 7.22. The van der Waals surface area contributed by atoms with Crippen molar-refractivity contribution in [2.24, 2.45) is 0 Å². The summed E-state index contributed by atoms with van der Waals surface area (Å²) >= 11 is 1.55. The zero-order valence-electron chi connectivity index (χ0n) is 12.4. The average Bonchev–Trinajstić information content (AvgIpc) is 3.02. The SMILES string of the molecule is Cc1cccc(C(O)CNc2nc(-c3ccccc3)cs2)c1. The molecule has 1 unspecified atom stereocenters. The molecule has 0 saturated heterocycles. The number of aliphatic hydroxyl groups excluding tert-OH is 1. The summed E-state index contributed by atoms with van der Waals surface area (Å²) in [5, 5.41) is 16.3. The maximum atomic E-state index is 10.2. The Morgan fingerprint density at radius 3 is 2.73 bits per heavy atom. The van der Waals surface area contributed by atoms with Gasteiger partial charge in [0.1, 0.15) is 0 Å². The molecule has 0 saturated carbocycles. The lowest BCUT2D eigenvalue weighted by atomic mass is 10.1. The molecule has 0 spiro atoms. The van der Waals surface area contributed by atoms with Gasteiger partial charge in [-0.3, -0.25) is 0 Å². The fraction of sp³-hybridized carbons (Fsp3) is 0.167. The van der Waals surface area contributed by atoms with E-state index < -0.39 is 6.10 Å². The van der Waals surface area contributed by atoms with E-state index in [0.29, 0.717) is 6.54 Å². The Morgan fingerprint density at radius 1 is 1.14 bits per heavy atom. The molecule has 3 rings (SSSR count). The molecule has 0 aliphatic rings. The van der Waals surface area contributed by atoms with Crippen molar-refractivity contribution in [3.8, 4) is 11.3 Å². The number of hydrogen-bond donors (Lipinski definition) is 2. The lowest BCUT2D eigenvalue weighted by Crippen LogP contribution is -2.12. The number of aryl methyl sites for hydroxylation is 1. The van der Waals surface area contributed by atoms with Crippen LogP contribution in [0.2, 0.25) is 0 Å². The van der Waals surface area contributed by atoms with Gasteiger partial charge in [-0.25, -0.2) is 4.98 Å². The topological polar surface area (TPSA) is 45.1 Å². The van der Waals surface area contributed by atoms with Gasteiger partial charge < -0.3 is 10.4 Å². The number of benzene rings is 2. The van der Waals surface area contributed by atoms with Gasteiger partial charge in [0.05, 0.1) is 11.8 Å². The van der Waals surface area contributed by atoms with E-state index in [1.54, 1.807) is 11.3 Å². The highest BCUT2D eigenvalue weighted by Crippen LogP contribution is 2.25. The summed E-state index contributed by atoms with van der Waals surface area (Å²) in [6.45, 7) is 2.47. The van der Waals surface area contributed by atoms with Crippen LogP contribution in [0.15, 0.2) is 60.0 Å². The van der Waals surface area contributed by atoms with E-state index in [0.717, 1.165) is 27.5 Å². The van der Waals surface area contributed by atoms with Crippen molar-refractivity contribution in [2.45, 2.75) is 13.0 Å². The van der Waals surface area contributed by atoms with Gasteiger partial charge in [0.2, 0.25) is 0 Å². The van der Waals surface area contributed by atoms with Crippen LogP contribution in [0.5, 0.6) is 0 Å². The van der Waals surface area contributed by atoms with Crippen LogP contribution in [0.3, 0.4) is 0 Å². The van der Waals surface area contributed by atoms with Crippen LogP contribution in [-0.4, -0.2) is 16.6 Å². The number of nitrogens with one attached hydrogen (secondary N) is 1. The molecule has 4 heteroatoms. The van der Waals surface area contributed by atoms with E-state index >= 15 is 0 Å². The number of rotatable bonds is 5. The fourth-order valence-corrected chi connectivity index (χ4v) is 3.01. The van der Waals surface area contributed by atoms with Gasteiger partial charge in [0.15, 0.2) is 5.13 Å². The third-order valence-electron chi connectivity index (χ3n) is 3.45. The first-order valence-corrected chi connectivity index (χ1v) is 8.10. The summed E-state index contributed by atoms with van der Waals surface area (Å²) in [5.74, 6) is 0. The second-order valence-corrected chi connectivity index (χ2v) is 6.07. The predicted octanol–water partition coefficient (Wildman–Crippen LogP) is 4.26. The molecular formula is C18H18N2OS. The van der Waals surface area contributed by atoms with Crippen molar-refractivity contribution < 1.29 is 5.11 Å². The van der Waals surface area contributed by atoms with E-state index in [-0.39, 0.29) is 0 Å². The first-order chi connectivity index (χ1) is 10.7. The molecule has 22 heavy (non-hydrogen) atoms. The summed E-state index contributed by atoms with van der Waals surface area (Å²) < 4.78 is 0. The molecule has 0 aliphatic carbocycles. The summed E-state index contributed by atoms with van der Waals surface area (Å²) in [6, 6.07) is 18.0. The zero-order valence-corrected chi connectivity index (χ0v) is 13.2. The van der Waals surface area contributed by atoms with Crippen molar-refractivity contribution in [3.05, 3.63) is 71.1 Å². The molecule has 3 aromatic rings. The van der Waals surface area contributed by atoms with Crippen molar-refractivity contribution in [3.63, 3.8) is 0 Å². The quantitative estimate of drug-likeness (QED) is 0.740. The molecule has 3 nitrogen and oxygen atoms in total. The first kappa shape index (κ1) is 14.8. The molecule has 0 aliphatic heterocycles. The summed E-state index contributed by atoms with van der Waals surface area (Å²) in [7, 11) is 0. The third kappa shape index (κ3) is 3.53. The zero-order chi connectivity index (χ0) is 15.4. The minimum Gasteiger partial charge on any atom is -0.387 e. The number of anilines is 1. The van der Waals surface area contributed by atoms with Crippen LogP contribution in [-0.2, 0) is 0 Å². The van der Waals surface area contributed by atoms with E-state index in [2.05, 4.69) is 10.3 Å². The molecule has 0 fully saturated rings. The Labute approximate surface area is 134 Å². The molecule has 1 aromatic heterocycles. The summed E-state index contributed by atoms with van der Waals surface area (Å²) in [5.41, 5.74) is 4.13. The van der Waals surface area contributed by atoms with E-state index in [1.165, 1.54) is 0 Å². The minimum absolute atomic E-state index is 0.450. The van der Waals surface area contributed by atoms with Crippen LogP contribution < -0.4 is 5.32 Å². The Morgan fingerprint density at radius 2 is 1.95 bits per heavy atom. The van der Waals surface area contributed by atoms with Crippen LogP contribution in [0.1, 0.15) is 17.2 Å². The highest BCUT2D eigenvalue weighted by molar-refractivity contribution is 7.14. The van der Waals surface area contributed by atoms with E-state index in [1.807, 2.05) is 66.9 Å². The number of aromatic nitrogens is 1. The van der Waals surface area contributed by atoms with Gasteiger partial charge >= 0.3 is 0 Å². The highest BCUT2D eigenvalue weighted by atomic mass is 32.1. The molecule has 0 bridgehead atoms. The van der Waals surface area contributed by atoms with Crippen molar-refractivity contribution >= 4 is 16.5 Å². The second-order valence-electron chi connectivity index (χ2n) is 5.21. The second kappa shape index (κ2) is 6.73. The van der Waals surface area contributed by atoms with Gasteiger partial charge in [0.25, 0.3) is 0 Å². The van der Waals surface area contributed by atoms with E-state index in [9.17, 15) is 5.11 Å². The number of aliphatic hydroxyl groups is 1. The highest BCUT2D eigenvalue weighted by Gasteiger charge is 2.09. The molecule has 1 atom stereocenters. The standard InChI is InChI=1S/C18H18N2OS/c1-13-6-5-9-15(10-13)17(21)11-19-18-20-16(12-22-18)14-7-3-2-4-8-14/h2-10,12,17,21H,11H2,1H3,(H,19,20). The van der Waals surface area contributed by atoms with Gasteiger partial charge in [0, 0.05) is 17.5 Å². The Balaban J connectivity index is 1.64. The molecule has 2 N–H and O–H groups in total. The van der Waals surface area contributed by atoms with Gasteiger partial charge in [-0.2, -0.15) is 0 Å². The maximum Gasteiger partial charge on any atom is 0.183 e. The lowest BCUT2D eigenvalue weighted by Gasteiger charge is -2.12. The average molecular weight is 310 g/mol.